The zero-order valence-electron chi connectivity index (χ0n) is 15.7. The standard InChI is InChI=1S/C23H20ClN3OS/c24-17-10-12-19(13-11-17)29-14-4-9-22(28)25-18-6-3-5-16(15-18)23-26-20-7-1-2-8-21(20)27-23/h1-3,5-8,10-13,15H,4,9,14H2,(H,25,28)(H,26,27). The predicted molar refractivity (Wildman–Crippen MR) is 122 cm³/mol. The molecular weight excluding hydrogens is 402 g/mol. The van der Waals surface area contributed by atoms with Gasteiger partial charge in [-0.15, -0.1) is 11.8 Å². The van der Waals surface area contributed by atoms with Gasteiger partial charge in [0.05, 0.1) is 11.0 Å². The molecule has 6 heteroatoms. The maximum absolute atomic E-state index is 12.3. The molecule has 0 aliphatic carbocycles. The second-order valence-corrected chi connectivity index (χ2v) is 8.24. The van der Waals surface area contributed by atoms with Gasteiger partial charge in [0.25, 0.3) is 0 Å². The molecule has 0 unspecified atom stereocenters. The minimum absolute atomic E-state index is 0.0171. The van der Waals surface area contributed by atoms with Gasteiger partial charge in [0.1, 0.15) is 5.82 Å². The van der Waals surface area contributed by atoms with Crippen molar-refractivity contribution in [2.24, 2.45) is 0 Å². The van der Waals surface area contributed by atoms with Crippen LogP contribution in [-0.4, -0.2) is 21.6 Å². The van der Waals surface area contributed by atoms with E-state index in [0.717, 1.165) is 50.2 Å². The van der Waals surface area contributed by atoms with Gasteiger partial charge in [-0.1, -0.05) is 35.9 Å². The first kappa shape index (κ1) is 19.6. The minimum atomic E-state index is 0.0171. The van der Waals surface area contributed by atoms with Crippen molar-refractivity contribution in [3.05, 3.63) is 77.8 Å². The number of nitrogens with zero attached hydrogens (tertiary/aromatic N) is 1. The van der Waals surface area contributed by atoms with Crippen molar-refractivity contribution < 1.29 is 4.79 Å². The quantitative estimate of drug-likeness (QED) is 0.268. The second kappa shape index (κ2) is 9.16. The Morgan fingerprint density at radius 3 is 2.69 bits per heavy atom. The number of amides is 1. The molecular formula is C23H20ClN3OS. The van der Waals surface area contributed by atoms with Gasteiger partial charge in [-0.2, -0.15) is 0 Å². The fraction of sp³-hybridized carbons (Fsp3) is 0.130. The van der Waals surface area contributed by atoms with Crippen LogP contribution >= 0.6 is 23.4 Å². The van der Waals surface area contributed by atoms with Crippen LogP contribution in [0.2, 0.25) is 5.02 Å². The Morgan fingerprint density at radius 2 is 1.86 bits per heavy atom. The van der Waals surface area contributed by atoms with Gasteiger partial charge in [0, 0.05) is 27.6 Å². The molecule has 0 aliphatic rings. The molecule has 0 spiro atoms. The smallest absolute Gasteiger partial charge is 0.224 e. The number of carbonyl (C=O) groups is 1. The van der Waals surface area contributed by atoms with Crippen molar-refractivity contribution in [1.82, 2.24) is 9.97 Å². The summed E-state index contributed by atoms with van der Waals surface area (Å²) in [6.07, 6.45) is 1.29. The normalized spacial score (nSPS) is 10.9. The number of benzene rings is 3. The van der Waals surface area contributed by atoms with Crippen LogP contribution in [0.3, 0.4) is 0 Å². The minimum Gasteiger partial charge on any atom is -0.338 e. The molecule has 0 aliphatic heterocycles. The molecule has 1 heterocycles. The van der Waals surface area contributed by atoms with Crippen LogP contribution in [0.5, 0.6) is 0 Å². The Bertz CT molecular complexity index is 1090. The third-order valence-electron chi connectivity index (χ3n) is 4.44. The van der Waals surface area contributed by atoms with E-state index < -0.39 is 0 Å². The third kappa shape index (κ3) is 5.19. The largest absolute Gasteiger partial charge is 0.338 e. The summed E-state index contributed by atoms with van der Waals surface area (Å²) < 4.78 is 0. The van der Waals surface area contributed by atoms with E-state index in [2.05, 4.69) is 15.3 Å². The van der Waals surface area contributed by atoms with Gasteiger partial charge < -0.3 is 10.3 Å². The number of para-hydroxylation sites is 2. The van der Waals surface area contributed by atoms with E-state index in [1.54, 1.807) is 11.8 Å². The summed E-state index contributed by atoms with van der Waals surface area (Å²) in [5, 5.41) is 3.72. The first-order valence-electron chi connectivity index (χ1n) is 9.41. The van der Waals surface area contributed by atoms with Crippen molar-refractivity contribution in [3.63, 3.8) is 0 Å². The van der Waals surface area contributed by atoms with Crippen LogP contribution in [0, 0.1) is 0 Å². The Labute approximate surface area is 178 Å². The summed E-state index contributed by atoms with van der Waals surface area (Å²) in [6, 6.07) is 23.4. The molecule has 4 rings (SSSR count). The maximum Gasteiger partial charge on any atom is 0.224 e. The van der Waals surface area contributed by atoms with E-state index in [9.17, 15) is 4.79 Å². The highest BCUT2D eigenvalue weighted by Crippen LogP contribution is 2.24. The molecule has 146 valence electrons. The molecule has 0 atom stereocenters. The highest BCUT2D eigenvalue weighted by Gasteiger charge is 2.07. The first-order chi connectivity index (χ1) is 14.2. The number of aromatic nitrogens is 2. The number of fused-ring (bicyclic) bond motifs is 1. The number of rotatable bonds is 7. The fourth-order valence-electron chi connectivity index (χ4n) is 3.01. The lowest BCUT2D eigenvalue weighted by Gasteiger charge is -2.07. The highest BCUT2D eigenvalue weighted by atomic mass is 35.5. The average Bonchev–Trinajstić information content (AvgIpc) is 3.17. The maximum atomic E-state index is 12.3. The molecule has 4 nitrogen and oxygen atoms in total. The molecule has 0 saturated carbocycles. The highest BCUT2D eigenvalue weighted by molar-refractivity contribution is 7.99. The second-order valence-electron chi connectivity index (χ2n) is 6.64. The summed E-state index contributed by atoms with van der Waals surface area (Å²) in [5.41, 5.74) is 3.64. The van der Waals surface area contributed by atoms with E-state index in [1.165, 1.54) is 0 Å². The van der Waals surface area contributed by atoms with Gasteiger partial charge >= 0.3 is 0 Å². The van der Waals surface area contributed by atoms with Crippen molar-refractivity contribution in [1.29, 1.82) is 0 Å². The number of anilines is 1. The number of halogens is 1. The fourth-order valence-corrected chi connectivity index (χ4v) is 3.99. The predicted octanol–water partition coefficient (Wildman–Crippen LogP) is 6.39. The van der Waals surface area contributed by atoms with Crippen LogP contribution in [0.15, 0.2) is 77.7 Å². The summed E-state index contributed by atoms with van der Waals surface area (Å²) in [7, 11) is 0. The molecule has 1 aromatic heterocycles. The van der Waals surface area contributed by atoms with Gasteiger partial charge in [-0.25, -0.2) is 4.98 Å². The lowest BCUT2D eigenvalue weighted by atomic mass is 10.2. The van der Waals surface area contributed by atoms with E-state index in [1.807, 2.05) is 72.8 Å². The van der Waals surface area contributed by atoms with Gasteiger partial charge in [-0.05, 0) is 60.7 Å². The average molecular weight is 422 g/mol. The monoisotopic (exact) mass is 421 g/mol. The number of carbonyl (C=O) groups excluding carboxylic acids is 1. The van der Waals surface area contributed by atoms with Crippen molar-refractivity contribution in [2.75, 3.05) is 11.1 Å². The zero-order valence-corrected chi connectivity index (χ0v) is 17.3. The van der Waals surface area contributed by atoms with Crippen LogP contribution in [-0.2, 0) is 4.79 Å². The van der Waals surface area contributed by atoms with Gasteiger partial charge in [-0.3, -0.25) is 4.79 Å². The Kier molecular flexibility index (Phi) is 6.17. The number of H-pyrrole nitrogens is 1. The molecule has 0 fully saturated rings. The van der Waals surface area contributed by atoms with Crippen LogP contribution < -0.4 is 5.32 Å². The molecule has 0 bridgehead atoms. The lowest BCUT2D eigenvalue weighted by Crippen LogP contribution is -2.11. The summed E-state index contributed by atoms with van der Waals surface area (Å²) in [6.45, 7) is 0. The van der Waals surface area contributed by atoms with E-state index >= 15 is 0 Å². The number of thioether (sulfide) groups is 1. The molecule has 29 heavy (non-hydrogen) atoms. The number of aromatic amines is 1. The molecule has 1 amide bonds. The summed E-state index contributed by atoms with van der Waals surface area (Å²) in [4.78, 5) is 21.4. The first-order valence-corrected chi connectivity index (χ1v) is 10.8. The van der Waals surface area contributed by atoms with E-state index in [-0.39, 0.29) is 5.91 Å². The third-order valence-corrected chi connectivity index (χ3v) is 5.79. The van der Waals surface area contributed by atoms with Crippen LogP contribution in [0.1, 0.15) is 12.8 Å². The number of imidazole rings is 1. The van der Waals surface area contributed by atoms with Crippen molar-refractivity contribution in [3.8, 4) is 11.4 Å². The lowest BCUT2D eigenvalue weighted by molar-refractivity contribution is -0.116. The van der Waals surface area contributed by atoms with Crippen molar-refractivity contribution in [2.45, 2.75) is 17.7 Å². The molecule has 0 saturated heterocycles. The van der Waals surface area contributed by atoms with Crippen LogP contribution in [0.4, 0.5) is 5.69 Å². The Hall–Kier alpha value is -2.76. The Balaban J connectivity index is 1.31. The Morgan fingerprint density at radius 1 is 1.03 bits per heavy atom. The number of hydrogen-bond acceptors (Lipinski definition) is 3. The summed E-state index contributed by atoms with van der Waals surface area (Å²) in [5.74, 6) is 1.69. The van der Waals surface area contributed by atoms with E-state index in [0.29, 0.717) is 6.42 Å². The number of hydrogen-bond donors (Lipinski definition) is 2. The topological polar surface area (TPSA) is 57.8 Å². The van der Waals surface area contributed by atoms with Gasteiger partial charge in [0.15, 0.2) is 0 Å². The van der Waals surface area contributed by atoms with E-state index in [4.69, 9.17) is 11.6 Å². The molecule has 0 radical (unpaired) electrons. The molecule has 2 N–H and O–H groups in total. The number of nitrogens with one attached hydrogen (secondary N) is 2. The molecule has 4 aromatic rings. The van der Waals surface area contributed by atoms with Gasteiger partial charge in [0.2, 0.25) is 5.91 Å². The molecule has 3 aromatic carbocycles. The van der Waals surface area contributed by atoms with Crippen molar-refractivity contribution >= 4 is 46.0 Å². The zero-order chi connectivity index (χ0) is 20.1. The summed E-state index contributed by atoms with van der Waals surface area (Å²) >= 11 is 7.62. The van der Waals surface area contributed by atoms with Crippen LogP contribution in [0.25, 0.3) is 22.4 Å². The SMILES string of the molecule is O=C(CCCSc1ccc(Cl)cc1)Nc1cccc(-c2nc3ccccc3[nH]2)c1.